The fourth-order valence-electron chi connectivity index (χ4n) is 3.74. The van der Waals surface area contributed by atoms with Crippen LogP contribution in [0, 0.1) is 0 Å². The number of fused-ring (bicyclic) bond motifs is 1. The second-order valence-corrected chi connectivity index (χ2v) is 7.94. The minimum Gasteiger partial charge on any atom is -0.491 e. The van der Waals surface area contributed by atoms with Gasteiger partial charge in [0.2, 0.25) is 0 Å². The van der Waals surface area contributed by atoms with Crippen molar-refractivity contribution in [3.63, 3.8) is 0 Å². The Labute approximate surface area is 192 Å². The van der Waals surface area contributed by atoms with Crippen molar-refractivity contribution in [2.24, 2.45) is 0 Å². The average molecular weight is 475 g/mol. The van der Waals surface area contributed by atoms with E-state index in [9.17, 15) is 23.1 Å². The van der Waals surface area contributed by atoms with E-state index in [1.54, 1.807) is 36.4 Å². The van der Waals surface area contributed by atoms with Gasteiger partial charge >= 0.3 is 12.1 Å². The largest absolute Gasteiger partial charge is 0.491 e. The van der Waals surface area contributed by atoms with E-state index in [2.05, 4.69) is 4.98 Å². The third-order valence-electron chi connectivity index (χ3n) is 4.97. The summed E-state index contributed by atoms with van der Waals surface area (Å²) in [5.74, 6) is -0.723. The molecule has 0 bridgehead atoms. The number of hydrogen-bond donors (Lipinski definition) is 1. The molecule has 170 valence electrons. The molecular formula is C24H18ClF3N2O3. The molecule has 5 nitrogen and oxygen atoms in total. The maximum atomic E-state index is 13.7. The van der Waals surface area contributed by atoms with Crippen LogP contribution in [0.25, 0.3) is 27.8 Å². The second kappa shape index (κ2) is 8.44. The normalized spacial score (nSPS) is 11.8. The molecule has 4 rings (SSSR count). The van der Waals surface area contributed by atoms with Crippen LogP contribution in [0.4, 0.5) is 13.2 Å². The van der Waals surface area contributed by atoms with Gasteiger partial charge in [0.15, 0.2) is 5.69 Å². The summed E-state index contributed by atoms with van der Waals surface area (Å²) in [7, 11) is 0. The van der Waals surface area contributed by atoms with Crippen molar-refractivity contribution in [1.29, 1.82) is 0 Å². The van der Waals surface area contributed by atoms with Crippen LogP contribution in [0.15, 0.2) is 60.8 Å². The highest BCUT2D eigenvalue weighted by atomic mass is 35.5. The Morgan fingerprint density at radius 1 is 1.09 bits per heavy atom. The van der Waals surface area contributed by atoms with Crippen molar-refractivity contribution in [2.75, 3.05) is 0 Å². The molecule has 0 saturated heterocycles. The SMILES string of the molecule is CC(C)Oc1ccc(-n2c(C(=O)O)c(Cl)c3c(-c4ncccc4C(F)(F)F)cccc32)cc1. The van der Waals surface area contributed by atoms with Gasteiger partial charge in [0, 0.05) is 22.8 Å². The summed E-state index contributed by atoms with van der Waals surface area (Å²) in [4.78, 5) is 16.1. The number of hydrogen-bond acceptors (Lipinski definition) is 3. The van der Waals surface area contributed by atoms with E-state index in [1.165, 1.54) is 22.9 Å². The number of carboxylic acids is 1. The molecular weight excluding hydrogens is 457 g/mol. The zero-order chi connectivity index (χ0) is 23.9. The number of pyridine rings is 1. The topological polar surface area (TPSA) is 64.3 Å². The van der Waals surface area contributed by atoms with Crippen LogP contribution in [-0.2, 0) is 6.18 Å². The first kappa shape index (κ1) is 22.7. The lowest BCUT2D eigenvalue weighted by atomic mass is 10.0. The number of carbonyl (C=O) groups is 1. The van der Waals surface area contributed by atoms with Crippen molar-refractivity contribution in [2.45, 2.75) is 26.1 Å². The average Bonchev–Trinajstić information content (AvgIpc) is 3.06. The van der Waals surface area contributed by atoms with Crippen LogP contribution in [0.1, 0.15) is 29.9 Å². The highest BCUT2D eigenvalue weighted by Gasteiger charge is 2.35. The maximum Gasteiger partial charge on any atom is 0.418 e. The molecule has 0 aliphatic rings. The first-order valence-corrected chi connectivity index (χ1v) is 10.3. The summed E-state index contributed by atoms with van der Waals surface area (Å²) in [6.07, 6.45) is -3.45. The molecule has 33 heavy (non-hydrogen) atoms. The van der Waals surface area contributed by atoms with Crippen molar-refractivity contribution in [3.05, 3.63) is 77.1 Å². The summed E-state index contributed by atoms with van der Waals surface area (Å²) in [6, 6.07) is 13.4. The van der Waals surface area contributed by atoms with Gasteiger partial charge in [0.25, 0.3) is 0 Å². The molecule has 0 fully saturated rings. The predicted octanol–water partition coefficient (Wildman–Crippen LogP) is 6.85. The Hall–Kier alpha value is -3.52. The molecule has 9 heteroatoms. The van der Waals surface area contributed by atoms with Crippen LogP contribution >= 0.6 is 11.6 Å². The van der Waals surface area contributed by atoms with Crippen LogP contribution in [0.3, 0.4) is 0 Å². The number of nitrogens with zero attached hydrogens (tertiary/aromatic N) is 2. The van der Waals surface area contributed by atoms with Gasteiger partial charge in [-0.2, -0.15) is 13.2 Å². The van der Waals surface area contributed by atoms with E-state index in [0.29, 0.717) is 17.0 Å². The molecule has 4 aromatic rings. The van der Waals surface area contributed by atoms with Crippen LogP contribution in [0.5, 0.6) is 5.75 Å². The van der Waals surface area contributed by atoms with E-state index < -0.39 is 17.7 Å². The molecule has 0 amide bonds. The monoisotopic (exact) mass is 474 g/mol. The first-order valence-electron chi connectivity index (χ1n) is 9.95. The summed E-state index contributed by atoms with van der Waals surface area (Å²) >= 11 is 6.49. The van der Waals surface area contributed by atoms with Crippen LogP contribution in [-0.4, -0.2) is 26.7 Å². The Morgan fingerprint density at radius 2 is 1.79 bits per heavy atom. The zero-order valence-electron chi connectivity index (χ0n) is 17.5. The number of ether oxygens (including phenoxy) is 1. The highest BCUT2D eigenvalue weighted by molar-refractivity contribution is 6.40. The third kappa shape index (κ3) is 4.14. The molecule has 2 aromatic heterocycles. The smallest absolute Gasteiger partial charge is 0.418 e. The molecule has 1 N–H and O–H groups in total. The number of aromatic carboxylic acids is 1. The van der Waals surface area contributed by atoms with E-state index >= 15 is 0 Å². The summed E-state index contributed by atoms with van der Waals surface area (Å²) < 4.78 is 48.0. The lowest BCUT2D eigenvalue weighted by Crippen LogP contribution is -2.08. The molecule has 0 radical (unpaired) electrons. The third-order valence-corrected chi connectivity index (χ3v) is 5.34. The lowest BCUT2D eigenvalue weighted by molar-refractivity contribution is -0.137. The van der Waals surface area contributed by atoms with Gasteiger partial charge in [0.1, 0.15) is 5.75 Å². The van der Waals surface area contributed by atoms with Crippen LogP contribution < -0.4 is 4.74 Å². The fraction of sp³-hybridized carbons (Fsp3) is 0.167. The van der Waals surface area contributed by atoms with Gasteiger partial charge in [0.05, 0.1) is 27.9 Å². The zero-order valence-corrected chi connectivity index (χ0v) is 18.3. The van der Waals surface area contributed by atoms with E-state index in [1.807, 2.05) is 13.8 Å². The number of alkyl halides is 3. The van der Waals surface area contributed by atoms with Gasteiger partial charge in [-0.05, 0) is 56.3 Å². The van der Waals surface area contributed by atoms with Gasteiger partial charge in [-0.1, -0.05) is 23.7 Å². The van der Waals surface area contributed by atoms with Crippen LogP contribution in [0.2, 0.25) is 5.02 Å². The quantitative estimate of drug-likeness (QED) is 0.343. The Kier molecular flexibility index (Phi) is 5.80. The van der Waals surface area contributed by atoms with Gasteiger partial charge < -0.3 is 14.4 Å². The number of rotatable bonds is 5. The summed E-state index contributed by atoms with van der Waals surface area (Å²) in [5, 5.41) is 9.90. The predicted molar refractivity (Wildman–Crippen MR) is 119 cm³/mol. The minimum atomic E-state index is -4.65. The molecule has 0 saturated carbocycles. The molecule has 0 spiro atoms. The lowest BCUT2D eigenvalue weighted by Gasteiger charge is -2.13. The molecule has 0 aliphatic carbocycles. The molecule has 0 unspecified atom stereocenters. The van der Waals surface area contributed by atoms with Crippen molar-refractivity contribution in [3.8, 4) is 22.7 Å². The van der Waals surface area contributed by atoms with E-state index in [4.69, 9.17) is 16.3 Å². The number of halogens is 4. The minimum absolute atomic E-state index is 0.0453. The van der Waals surface area contributed by atoms with Gasteiger partial charge in [-0.15, -0.1) is 0 Å². The second-order valence-electron chi connectivity index (χ2n) is 7.56. The van der Waals surface area contributed by atoms with Gasteiger partial charge in [-0.3, -0.25) is 4.98 Å². The molecule has 0 atom stereocenters. The number of aromatic nitrogens is 2. The Morgan fingerprint density at radius 3 is 2.39 bits per heavy atom. The van der Waals surface area contributed by atoms with Crippen molar-refractivity contribution in [1.82, 2.24) is 9.55 Å². The van der Waals surface area contributed by atoms with Gasteiger partial charge in [-0.25, -0.2) is 4.79 Å². The highest BCUT2D eigenvalue weighted by Crippen LogP contribution is 2.43. The summed E-state index contributed by atoms with van der Waals surface area (Å²) in [6.45, 7) is 3.76. The number of carboxylic acid groups (broad SMARTS) is 1. The molecule has 2 heterocycles. The molecule has 2 aromatic carbocycles. The van der Waals surface area contributed by atoms with E-state index in [0.717, 1.165) is 6.07 Å². The van der Waals surface area contributed by atoms with Crippen molar-refractivity contribution < 1.29 is 27.8 Å². The standard InChI is InChI=1S/C24H18ClF3N2O3/c1-13(2)33-15-10-8-14(9-11-15)30-18-7-3-5-16(19(18)20(25)22(30)23(31)32)21-17(24(26,27)28)6-4-12-29-21/h3-13H,1-2H3,(H,31,32). The fourth-order valence-corrected chi connectivity index (χ4v) is 4.11. The Bertz CT molecular complexity index is 1350. The summed E-state index contributed by atoms with van der Waals surface area (Å²) in [5.41, 5.74) is -0.631. The van der Waals surface area contributed by atoms with E-state index in [-0.39, 0.29) is 33.5 Å². The first-order chi connectivity index (χ1) is 15.6. The molecule has 0 aliphatic heterocycles. The Balaban J connectivity index is 2.01. The maximum absolute atomic E-state index is 13.7. The van der Waals surface area contributed by atoms with Crippen molar-refractivity contribution >= 4 is 28.5 Å². The number of benzene rings is 2.